The van der Waals surface area contributed by atoms with E-state index in [0.717, 1.165) is 70.4 Å². The molecule has 5 aliphatic heterocycles. The predicted molar refractivity (Wildman–Crippen MR) is 153 cm³/mol. The third-order valence-corrected chi connectivity index (χ3v) is 9.35. The zero-order valence-electron chi connectivity index (χ0n) is 23.2. The summed E-state index contributed by atoms with van der Waals surface area (Å²) in [6, 6.07) is 0.234. The third kappa shape index (κ3) is 6.18. The van der Waals surface area contributed by atoms with Gasteiger partial charge in [-0.2, -0.15) is 0 Å². The van der Waals surface area contributed by atoms with Gasteiger partial charge >= 0.3 is 24.8 Å². The number of ether oxygens (including phenoxy) is 2. The molecule has 0 aromatic rings. The molecule has 0 aliphatic carbocycles. The fraction of sp³-hybridized carbons (Fsp3) is 0.862. The van der Waals surface area contributed by atoms with E-state index in [2.05, 4.69) is 43.0 Å². The first-order valence-corrected chi connectivity index (χ1v) is 16.1. The summed E-state index contributed by atoms with van der Waals surface area (Å²) in [7, 11) is 7.99. The standard InChI is InChI=1S/C29H46N5O2.ClH.Ni/c1-35-28(22-12-3-7-18-30-22,23-13-4-8-19-31-23)26-16-11-17-27(34-26)29(36-2,24-14-5-9-20-32-24)25-15-6-10-21-33-25;;/h11,16-17,22-26H,3-10,12-15,18-21H2,1-2H3;1H;/q-5;;+1/p-1. The number of hydrogen-bond donors (Lipinski definition) is 0. The quantitative estimate of drug-likeness (QED) is 0.277. The van der Waals surface area contributed by atoms with Gasteiger partial charge in [0.1, 0.15) is 0 Å². The van der Waals surface area contributed by atoms with E-state index < -0.39 is 11.2 Å². The van der Waals surface area contributed by atoms with Gasteiger partial charge in [0, 0.05) is 25.4 Å². The second-order valence-electron chi connectivity index (χ2n) is 11.2. The number of methoxy groups -OCH3 is 2. The van der Waals surface area contributed by atoms with Crippen LogP contribution >= 0.6 is 10.2 Å². The molecule has 0 saturated carbocycles. The van der Waals surface area contributed by atoms with Gasteiger partial charge in [0.05, 0.1) is 0 Å². The number of nitrogens with zero attached hydrogens (tertiary/aromatic N) is 5. The minimum atomic E-state index is -0.614. The zero-order chi connectivity index (χ0) is 26.8. The van der Waals surface area contributed by atoms with Gasteiger partial charge in [0.2, 0.25) is 0 Å². The van der Waals surface area contributed by atoms with Crippen LogP contribution in [0.25, 0.3) is 26.6 Å². The molecule has 0 radical (unpaired) electrons. The maximum atomic E-state index is 6.59. The topological polar surface area (TPSA) is 89.0 Å². The first-order chi connectivity index (χ1) is 18.8. The third-order valence-electron chi connectivity index (χ3n) is 9.35. The van der Waals surface area contributed by atoms with Gasteiger partial charge in [0.15, 0.2) is 0 Å². The molecule has 0 N–H and O–H groups in total. The molecule has 5 heterocycles. The summed E-state index contributed by atoms with van der Waals surface area (Å²) < 4.78 is 13.2. The predicted octanol–water partition coefficient (Wildman–Crippen LogP) is 7.34. The van der Waals surface area contributed by atoms with Gasteiger partial charge in [-0.25, -0.2) is 0 Å². The van der Waals surface area contributed by atoms with Gasteiger partial charge in [-0.3, -0.25) is 0 Å². The minimum absolute atomic E-state index is 0.0842. The Morgan fingerprint density at radius 3 is 1.50 bits per heavy atom. The van der Waals surface area contributed by atoms with Crippen LogP contribution in [0.3, 0.4) is 0 Å². The molecule has 9 heteroatoms. The van der Waals surface area contributed by atoms with E-state index in [9.17, 15) is 0 Å². The van der Waals surface area contributed by atoms with Crippen molar-refractivity contribution in [2.75, 3.05) is 40.4 Å². The second-order valence-corrected chi connectivity index (χ2v) is 11.2. The molecule has 4 fully saturated rings. The van der Waals surface area contributed by atoms with Crippen LogP contribution in [0.15, 0.2) is 23.9 Å². The van der Waals surface area contributed by atoms with Crippen LogP contribution in [0, 0.1) is 0 Å². The Bertz CT molecular complexity index is 724. The van der Waals surface area contributed by atoms with E-state index in [4.69, 9.17) is 36.1 Å². The SMILES string of the molecule is COC(C1=CC=CC(C(OC)(C2CCCC[N-]2)C2CCCC[N-]2)[N-]1)(C1CCCC[N-]1)C1CCCC[N-]1.[Cl][Ni]. The monoisotopic (exact) mass is 589 g/mol. The summed E-state index contributed by atoms with van der Waals surface area (Å²) in [5.74, 6) is 0. The van der Waals surface area contributed by atoms with Crippen molar-refractivity contribution in [3.63, 3.8) is 0 Å². The molecule has 7 nitrogen and oxygen atoms in total. The van der Waals surface area contributed by atoms with Gasteiger partial charge in [-0.05, 0) is 0 Å². The van der Waals surface area contributed by atoms with Crippen LogP contribution in [0.2, 0.25) is 0 Å². The molecule has 4 saturated heterocycles. The number of rotatable bonds is 8. The average molecular weight is 591 g/mol. The van der Waals surface area contributed by atoms with Crippen LogP contribution < -0.4 is 0 Å². The fourth-order valence-corrected chi connectivity index (χ4v) is 7.51. The van der Waals surface area contributed by atoms with Crippen LogP contribution in [-0.2, 0) is 24.0 Å². The normalized spacial score (nSPS) is 35.5. The summed E-state index contributed by atoms with van der Waals surface area (Å²) in [6.07, 6.45) is 20.2. The Kier molecular flexibility index (Phi) is 12.3. The number of allylic oxidation sites excluding steroid dienone is 2. The summed E-state index contributed by atoms with van der Waals surface area (Å²) in [5.41, 5.74) is -0.169. The van der Waals surface area contributed by atoms with Crippen molar-refractivity contribution in [3.8, 4) is 0 Å². The van der Waals surface area contributed by atoms with Crippen LogP contribution in [-0.4, -0.2) is 81.8 Å². The second kappa shape index (κ2) is 15.2. The van der Waals surface area contributed by atoms with Crippen LogP contribution in [0.4, 0.5) is 0 Å². The Hall–Kier alpha value is -0.176. The van der Waals surface area contributed by atoms with Crippen LogP contribution in [0.1, 0.15) is 77.0 Å². The fourth-order valence-electron chi connectivity index (χ4n) is 7.51. The zero-order valence-corrected chi connectivity index (χ0v) is 24.9. The summed E-state index contributed by atoms with van der Waals surface area (Å²) in [4.78, 5) is 0. The maximum absolute atomic E-state index is 6.59. The Balaban J connectivity index is 0.00000164. The van der Waals surface area contributed by atoms with E-state index in [0.29, 0.717) is 0 Å². The van der Waals surface area contributed by atoms with Crippen molar-refractivity contribution < 1.29 is 24.0 Å². The van der Waals surface area contributed by atoms with Crippen molar-refractivity contribution >= 4 is 10.2 Å². The molecule has 5 unspecified atom stereocenters. The average Bonchev–Trinajstić information content (AvgIpc) is 3.02. The molecule has 5 atom stereocenters. The molecule has 0 spiro atoms. The van der Waals surface area contributed by atoms with Gasteiger partial charge in [-0.15, -0.1) is 56.0 Å². The molecule has 38 heavy (non-hydrogen) atoms. The number of hydrogen-bond acceptors (Lipinski definition) is 2. The Morgan fingerprint density at radius 1 is 0.684 bits per heavy atom. The summed E-state index contributed by atoms with van der Waals surface area (Å²) in [5, 5.41) is 26.1. The molecular formula is C29H46ClN5NiO2-5. The first kappa shape index (κ1) is 30.8. The van der Waals surface area contributed by atoms with Crippen molar-refractivity contribution in [3.05, 3.63) is 50.5 Å². The first-order valence-electron chi connectivity index (χ1n) is 14.7. The summed E-state index contributed by atoms with van der Waals surface area (Å²) in [6.45, 7) is 3.62. The number of halogens is 1. The van der Waals surface area contributed by atoms with Crippen molar-refractivity contribution in [2.45, 2.75) is 118 Å². The van der Waals surface area contributed by atoms with Gasteiger partial charge < -0.3 is 36.1 Å². The van der Waals surface area contributed by atoms with E-state index >= 15 is 0 Å². The van der Waals surface area contributed by atoms with E-state index in [1.54, 1.807) is 0 Å². The summed E-state index contributed by atoms with van der Waals surface area (Å²) >= 11 is 3.35. The Morgan fingerprint density at radius 2 is 1.13 bits per heavy atom. The van der Waals surface area contributed by atoms with Gasteiger partial charge in [-0.1, -0.05) is 101 Å². The molecular weight excluding hydrogens is 544 g/mol. The molecule has 0 amide bonds. The van der Waals surface area contributed by atoms with Crippen molar-refractivity contribution in [1.29, 1.82) is 0 Å². The number of piperidine rings is 4. The van der Waals surface area contributed by atoms with Gasteiger partial charge in [0.25, 0.3) is 0 Å². The molecule has 5 aliphatic rings. The molecule has 0 bridgehead atoms. The molecule has 0 aromatic heterocycles. The molecule has 0 aromatic carbocycles. The van der Waals surface area contributed by atoms with E-state index in [1.807, 2.05) is 14.2 Å². The Labute approximate surface area is 243 Å². The van der Waals surface area contributed by atoms with E-state index in [1.165, 1.54) is 38.5 Å². The van der Waals surface area contributed by atoms with E-state index in [-0.39, 0.29) is 30.2 Å². The van der Waals surface area contributed by atoms with Crippen molar-refractivity contribution in [1.82, 2.24) is 0 Å². The molecule has 5 rings (SSSR count). The van der Waals surface area contributed by atoms with Crippen molar-refractivity contribution in [2.24, 2.45) is 0 Å². The van der Waals surface area contributed by atoms with Crippen LogP contribution in [0.5, 0.6) is 0 Å². The molecule has 221 valence electrons.